The third-order valence-corrected chi connectivity index (χ3v) is 9.66. The standard InChI is InChI=1S/C24H15F3N2O3.C24H17F3N2O.Na.H2O/c25-24(26,27)17-8-5-14(6-9-17)19-3-1-2-4-20(19)22(30)29-18-10-7-15-11-16(23(31)32)13-28-21(15)12-18;1-15-12-17-8-11-19(13-22(17)28-14-15)29-23(30)21-5-3-2-4-20(21)16-6-9-18(10-7-16)24(25,26)27;;/h1-13H,(H,29,30)(H,31,32);2-14H,1H3,(H,29,30);;1H2/q;;+1;/p-1. The number of amides is 2. The first kappa shape index (κ1) is 48.1. The average molecular weight is 883 g/mol. The van der Waals surface area contributed by atoms with Crippen LogP contribution in [0.5, 0.6) is 0 Å². The number of aromatic carboxylic acids is 1. The number of hydrogen-bond donors (Lipinski definition) is 3. The van der Waals surface area contributed by atoms with Gasteiger partial charge in [-0.15, -0.1) is 0 Å². The minimum absolute atomic E-state index is 0. The van der Waals surface area contributed by atoms with Crippen LogP contribution in [0, 0.1) is 6.92 Å². The van der Waals surface area contributed by atoms with Crippen molar-refractivity contribution in [2.24, 2.45) is 0 Å². The van der Waals surface area contributed by atoms with Crippen LogP contribution in [0.3, 0.4) is 0 Å². The molecule has 64 heavy (non-hydrogen) atoms. The number of carboxylic acid groups (broad SMARTS) is 1. The SMILES string of the molecule is Cc1cnc2cc(NC(=O)c3ccccc3-c3ccc(C(F)(F)F)cc3)ccc2c1.O=C(O)c1cnc2cc(NC(=O)c3ccccc3-c3ccc(C(F)(F)F)cc3)ccc2c1.[Na+].[OH-]. The molecule has 8 aromatic rings. The van der Waals surface area contributed by atoms with Gasteiger partial charge in [0.2, 0.25) is 0 Å². The van der Waals surface area contributed by atoms with Crippen molar-refractivity contribution >= 4 is 51.0 Å². The maximum atomic E-state index is 12.9. The van der Waals surface area contributed by atoms with Crippen molar-refractivity contribution in [2.75, 3.05) is 10.6 Å². The van der Waals surface area contributed by atoms with Crippen LogP contribution in [0.1, 0.15) is 47.8 Å². The van der Waals surface area contributed by atoms with Crippen molar-refractivity contribution in [1.29, 1.82) is 0 Å². The number of aromatic nitrogens is 2. The molecule has 6 aromatic carbocycles. The van der Waals surface area contributed by atoms with Crippen molar-refractivity contribution in [3.8, 4) is 22.3 Å². The molecule has 0 aliphatic rings. The normalized spacial score (nSPS) is 11.0. The van der Waals surface area contributed by atoms with Crippen LogP contribution in [0.15, 0.2) is 158 Å². The molecule has 2 heterocycles. The number of nitrogens with one attached hydrogen (secondary N) is 2. The van der Waals surface area contributed by atoms with Gasteiger partial charge in [0.15, 0.2) is 0 Å². The molecule has 0 fully saturated rings. The van der Waals surface area contributed by atoms with E-state index in [-0.39, 0.29) is 46.5 Å². The Hall–Kier alpha value is -6.91. The zero-order valence-electron chi connectivity index (χ0n) is 33.8. The van der Waals surface area contributed by atoms with E-state index in [2.05, 4.69) is 20.6 Å². The third kappa shape index (κ3) is 11.4. The smallest absolute Gasteiger partial charge is 0.870 e. The summed E-state index contributed by atoms with van der Waals surface area (Å²) < 4.78 is 77.0. The summed E-state index contributed by atoms with van der Waals surface area (Å²) in [4.78, 5) is 45.4. The first-order chi connectivity index (χ1) is 29.5. The third-order valence-electron chi connectivity index (χ3n) is 9.66. The molecule has 0 aliphatic heterocycles. The minimum atomic E-state index is -4.44. The van der Waals surface area contributed by atoms with Gasteiger partial charge in [-0.05, 0) is 108 Å². The Morgan fingerprint density at radius 3 is 1.36 bits per heavy atom. The zero-order chi connectivity index (χ0) is 44.2. The van der Waals surface area contributed by atoms with Crippen LogP contribution >= 0.6 is 0 Å². The van der Waals surface area contributed by atoms with Gasteiger partial charge in [0, 0.05) is 45.7 Å². The van der Waals surface area contributed by atoms with Crippen LogP contribution in [-0.4, -0.2) is 38.3 Å². The number of fused-ring (bicyclic) bond motifs is 2. The number of carbonyl (C=O) groups excluding carboxylic acids is 2. The molecule has 8 rings (SSSR count). The summed E-state index contributed by atoms with van der Waals surface area (Å²) in [5.74, 6) is -1.88. The van der Waals surface area contributed by atoms with E-state index in [1.54, 1.807) is 85.1 Å². The Bertz CT molecular complexity index is 2980. The Balaban J connectivity index is 0.000000234. The topological polar surface area (TPSA) is 151 Å². The second kappa shape index (κ2) is 20.1. The van der Waals surface area contributed by atoms with Gasteiger partial charge in [0.1, 0.15) is 0 Å². The molecule has 0 radical (unpaired) electrons. The predicted octanol–water partition coefficient (Wildman–Crippen LogP) is 9.18. The molecule has 2 amide bonds. The number of pyridine rings is 2. The summed E-state index contributed by atoms with van der Waals surface area (Å²) in [5.41, 5.74) is 4.62. The maximum Gasteiger partial charge on any atom is 1.00 e. The minimum Gasteiger partial charge on any atom is -0.870 e. The van der Waals surface area contributed by atoms with E-state index >= 15 is 0 Å². The van der Waals surface area contributed by atoms with Crippen molar-refractivity contribution in [3.63, 3.8) is 0 Å². The van der Waals surface area contributed by atoms with Crippen LogP contribution in [0.4, 0.5) is 37.7 Å². The number of hydrogen-bond acceptors (Lipinski definition) is 6. The van der Waals surface area contributed by atoms with E-state index < -0.39 is 35.4 Å². The fraction of sp³-hybridized carbons (Fsp3) is 0.0625. The molecule has 0 spiro atoms. The molecule has 318 valence electrons. The number of halogens is 6. The number of nitrogens with zero attached hydrogens (tertiary/aromatic N) is 2. The monoisotopic (exact) mass is 882 g/mol. The maximum absolute atomic E-state index is 12.9. The summed E-state index contributed by atoms with van der Waals surface area (Å²) in [6.45, 7) is 1.96. The van der Waals surface area contributed by atoms with Crippen molar-refractivity contribution < 1.29 is 80.9 Å². The summed E-state index contributed by atoms with van der Waals surface area (Å²) in [5, 5.41) is 16.3. The second-order valence-corrected chi connectivity index (χ2v) is 14.0. The second-order valence-electron chi connectivity index (χ2n) is 14.0. The predicted molar refractivity (Wildman–Crippen MR) is 227 cm³/mol. The van der Waals surface area contributed by atoms with E-state index in [0.29, 0.717) is 55.7 Å². The summed E-state index contributed by atoms with van der Waals surface area (Å²) in [6, 6.07) is 36.6. The molecule has 4 N–H and O–H groups in total. The van der Waals surface area contributed by atoms with Gasteiger partial charge in [-0.2, -0.15) is 26.3 Å². The molecule has 0 saturated heterocycles. The Morgan fingerprint density at radius 2 is 0.938 bits per heavy atom. The van der Waals surface area contributed by atoms with Crippen LogP contribution < -0.4 is 40.2 Å². The summed E-state index contributed by atoms with van der Waals surface area (Å²) in [7, 11) is 0. The van der Waals surface area contributed by atoms with Crippen LogP contribution in [-0.2, 0) is 12.4 Å². The Kier molecular flexibility index (Phi) is 15.1. The molecule has 0 bridgehead atoms. The molecule has 2 aromatic heterocycles. The van der Waals surface area contributed by atoms with Crippen molar-refractivity contribution in [1.82, 2.24) is 9.97 Å². The van der Waals surface area contributed by atoms with Gasteiger partial charge in [-0.3, -0.25) is 19.6 Å². The van der Waals surface area contributed by atoms with Gasteiger partial charge in [0.25, 0.3) is 11.8 Å². The molecular weight excluding hydrogens is 850 g/mol. The summed E-state index contributed by atoms with van der Waals surface area (Å²) >= 11 is 0. The molecule has 0 aliphatic carbocycles. The van der Waals surface area contributed by atoms with Gasteiger partial charge < -0.3 is 21.2 Å². The molecule has 0 saturated carbocycles. The fourth-order valence-corrected chi connectivity index (χ4v) is 6.57. The van der Waals surface area contributed by atoms with Crippen LogP contribution in [0.25, 0.3) is 44.1 Å². The molecule has 0 atom stereocenters. The first-order valence-electron chi connectivity index (χ1n) is 18.7. The number of rotatable bonds is 7. The van der Waals surface area contributed by atoms with E-state index in [1.165, 1.54) is 36.5 Å². The van der Waals surface area contributed by atoms with Crippen molar-refractivity contribution in [3.05, 3.63) is 191 Å². The van der Waals surface area contributed by atoms with Gasteiger partial charge >= 0.3 is 47.9 Å². The Labute approximate surface area is 383 Å². The van der Waals surface area contributed by atoms with Gasteiger partial charge in [0.05, 0.1) is 27.7 Å². The number of anilines is 2. The number of aryl methyl sites for hydroxylation is 1. The number of carbonyl (C=O) groups is 3. The van der Waals surface area contributed by atoms with Crippen LogP contribution in [0.2, 0.25) is 0 Å². The number of benzene rings is 6. The largest absolute Gasteiger partial charge is 1.00 e. The average Bonchev–Trinajstić information content (AvgIpc) is 3.26. The summed E-state index contributed by atoms with van der Waals surface area (Å²) in [6.07, 6.45) is -5.85. The van der Waals surface area contributed by atoms with E-state index in [9.17, 15) is 40.7 Å². The van der Waals surface area contributed by atoms with Gasteiger partial charge in [-0.1, -0.05) is 72.8 Å². The molecule has 16 heteroatoms. The first-order valence-corrected chi connectivity index (χ1v) is 18.7. The number of alkyl halides is 6. The van der Waals surface area contributed by atoms with E-state index in [4.69, 9.17) is 5.11 Å². The fourth-order valence-electron chi connectivity index (χ4n) is 6.57. The van der Waals surface area contributed by atoms with E-state index in [0.717, 1.165) is 40.7 Å². The van der Waals surface area contributed by atoms with E-state index in [1.807, 2.05) is 19.1 Å². The molecule has 0 unspecified atom stereocenters. The molecule has 9 nitrogen and oxygen atoms in total. The number of carboxylic acids is 1. The zero-order valence-corrected chi connectivity index (χ0v) is 35.8. The van der Waals surface area contributed by atoms with Gasteiger partial charge in [-0.25, -0.2) is 4.79 Å². The quantitative estimate of drug-likeness (QED) is 0.107. The Morgan fingerprint density at radius 1 is 0.531 bits per heavy atom. The molecular formula is C48H33F6N4NaO5. The van der Waals surface area contributed by atoms with Crippen molar-refractivity contribution in [2.45, 2.75) is 19.3 Å².